The van der Waals surface area contributed by atoms with E-state index in [1.807, 2.05) is 12.1 Å². The van der Waals surface area contributed by atoms with E-state index in [1.54, 1.807) is 28.4 Å². The van der Waals surface area contributed by atoms with Gasteiger partial charge < -0.3 is 29.6 Å². The molecule has 1 aliphatic carbocycles. The lowest BCUT2D eigenvalue weighted by molar-refractivity contribution is 0.0277. The topological polar surface area (TPSA) is 73.3 Å². The van der Waals surface area contributed by atoms with Crippen molar-refractivity contribution in [2.75, 3.05) is 41.5 Å². The number of ether oxygens (including phenoxy) is 4. The van der Waals surface area contributed by atoms with Crippen LogP contribution in [0.5, 0.6) is 17.2 Å². The van der Waals surface area contributed by atoms with Crippen molar-refractivity contribution in [2.24, 2.45) is 4.99 Å². The van der Waals surface area contributed by atoms with Gasteiger partial charge >= 0.3 is 0 Å². The van der Waals surface area contributed by atoms with Gasteiger partial charge in [-0.3, -0.25) is 4.99 Å². The van der Waals surface area contributed by atoms with Crippen LogP contribution in [0.15, 0.2) is 17.1 Å². The fourth-order valence-electron chi connectivity index (χ4n) is 3.46. The highest BCUT2D eigenvalue weighted by Crippen LogP contribution is 2.39. The van der Waals surface area contributed by atoms with E-state index in [0.29, 0.717) is 29.9 Å². The number of methoxy groups -OCH3 is 3. The molecule has 1 aliphatic rings. The Balaban J connectivity index is 0.00000420. The second-order valence-electron chi connectivity index (χ2n) is 6.83. The molecule has 0 aromatic heterocycles. The van der Waals surface area contributed by atoms with Crippen LogP contribution < -0.4 is 24.8 Å². The Morgan fingerprint density at radius 3 is 2.34 bits per heavy atom. The molecule has 0 saturated heterocycles. The number of rotatable bonds is 10. The SMILES string of the molecule is CN=C(NCCCOC1CCCCC1)NCc1ccc(OC)c(OC)c1OC.I. The molecule has 1 aromatic carbocycles. The molecular weight excluding hydrogens is 485 g/mol. The van der Waals surface area contributed by atoms with Crippen molar-refractivity contribution in [3.8, 4) is 17.2 Å². The molecule has 0 heterocycles. The normalized spacial score (nSPS) is 14.7. The van der Waals surface area contributed by atoms with Crippen molar-refractivity contribution in [2.45, 2.75) is 51.2 Å². The van der Waals surface area contributed by atoms with Crippen molar-refractivity contribution >= 4 is 29.9 Å². The fourth-order valence-corrected chi connectivity index (χ4v) is 3.46. The van der Waals surface area contributed by atoms with Gasteiger partial charge in [0.15, 0.2) is 17.5 Å². The third-order valence-corrected chi connectivity index (χ3v) is 4.97. The summed E-state index contributed by atoms with van der Waals surface area (Å²) < 4.78 is 22.3. The van der Waals surface area contributed by atoms with Gasteiger partial charge in [-0.2, -0.15) is 0 Å². The summed E-state index contributed by atoms with van der Waals surface area (Å²) in [5.41, 5.74) is 0.962. The predicted octanol–water partition coefficient (Wildman–Crippen LogP) is 3.73. The Morgan fingerprint density at radius 2 is 1.72 bits per heavy atom. The van der Waals surface area contributed by atoms with Crippen molar-refractivity contribution in [1.82, 2.24) is 10.6 Å². The summed E-state index contributed by atoms with van der Waals surface area (Å²) in [6.45, 7) is 2.16. The van der Waals surface area contributed by atoms with Crippen molar-refractivity contribution < 1.29 is 18.9 Å². The quantitative estimate of drug-likeness (QED) is 0.212. The Hall–Kier alpha value is -1.42. The molecule has 1 aromatic rings. The fraction of sp³-hybridized carbons (Fsp3) is 0.667. The largest absolute Gasteiger partial charge is 0.493 e. The number of nitrogens with zero attached hydrogens (tertiary/aromatic N) is 1. The van der Waals surface area contributed by atoms with Crippen LogP contribution in [0.3, 0.4) is 0 Å². The van der Waals surface area contributed by atoms with Crippen LogP contribution in [-0.2, 0) is 11.3 Å². The van der Waals surface area contributed by atoms with Gasteiger partial charge in [-0.25, -0.2) is 0 Å². The average Bonchev–Trinajstić information content (AvgIpc) is 2.75. The van der Waals surface area contributed by atoms with Gasteiger partial charge in [0.1, 0.15) is 0 Å². The van der Waals surface area contributed by atoms with Crippen molar-refractivity contribution in [3.63, 3.8) is 0 Å². The second kappa shape index (κ2) is 14.5. The first-order chi connectivity index (χ1) is 13.7. The highest BCUT2D eigenvalue weighted by Gasteiger charge is 2.16. The molecule has 2 N–H and O–H groups in total. The first kappa shape index (κ1) is 25.6. The Labute approximate surface area is 191 Å². The van der Waals surface area contributed by atoms with Crippen LogP contribution in [0, 0.1) is 0 Å². The number of guanidine groups is 1. The molecule has 0 radical (unpaired) electrons. The van der Waals surface area contributed by atoms with E-state index in [2.05, 4.69) is 15.6 Å². The van der Waals surface area contributed by atoms with Gasteiger partial charge in [-0.15, -0.1) is 24.0 Å². The number of hydrogen-bond acceptors (Lipinski definition) is 5. The minimum Gasteiger partial charge on any atom is -0.493 e. The average molecular weight is 521 g/mol. The van der Waals surface area contributed by atoms with Crippen molar-refractivity contribution in [3.05, 3.63) is 17.7 Å². The zero-order valence-electron chi connectivity index (χ0n) is 18.1. The van der Waals surface area contributed by atoms with E-state index in [1.165, 1.54) is 32.1 Å². The van der Waals surface area contributed by atoms with Crippen molar-refractivity contribution in [1.29, 1.82) is 0 Å². The van der Waals surface area contributed by atoms with Crippen LogP contribution in [-0.4, -0.2) is 53.6 Å². The van der Waals surface area contributed by atoms with Crippen LogP contribution in [0.2, 0.25) is 0 Å². The molecule has 29 heavy (non-hydrogen) atoms. The lowest BCUT2D eigenvalue weighted by Crippen LogP contribution is -2.37. The van der Waals surface area contributed by atoms with E-state index in [9.17, 15) is 0 Å². The zero-order chi connectivity index (χ0) is 20.2. The molecule has 2 rings (SSSR count). The van der Waals surface area contributed by atoms with Gasteiger partial charge in [0, 0.05) is 32.3 Å². The first-order valence-electron chi connectivity index (χ1n) is 10.1. The van der Waals surface area contributed by atoms with Gasteiger partial charge in [0.2, 0.25) is 5.75 Å². The first-order valence-corrected chi connectivity index (χ1v) is 10.1. The molecule has 0 aliphatic heterocycles. The van der Waals surface area contributed by atoms with Gasteiger partial charge in [-0.1, -0.05) is 19.3 Å². The van der Waals surface area contributed by atoms with E-state index < -0.39 is 0 Å². The number of nitrogens with one attached hydrogen (secondary N) is 2. The van der Waals surface area contributed by atoms with Crippen LogP contribution >= 0.6 is 24.0 Å². The summed E-state index contributed by atoms with van der Waals surface area (Å²) in [5.74, 6) is 2.64. The van der Waals surface area contributed by atoms with E-state index in [4.69, 9.17) is 18.9 Å². The minimum atomic E-state index is 0. The van der Waals surface area contributed by atoms with Gasteiger partial charge in [0.05, 0.1) is 27.4 Å². The highest BCUT2D eigenvalue weighted by atomic mass is 127. The Kier molecular flexibility index (Phi) is 12.8. The number of halogens is 1. The maximum absolute atomic E-state index is 5.96. The molecule has 0 amide bonds. The van der Waals surface area contributed by atoms with Crippen LogP contribution in [0.4, 0.5) is 0 Å². The second-order valence-corrected chi connectivity index (χ2v) is 6.83. The van der Waals surface area contributed by atoms with E-state index >= 15 is 0 Å². The summed E-state index contributed by atoms with van der Waals surface area (Å²) in [4.78, 5) is 4.28. The summed E-state index contributed by atoms with van der Waals surface area (Å²) in [7, 11) is 6.60. The number of aliphatic imine (C=N–C) groups is 1. The summed E-state index contributed by atoms with van der Waals surface area (Å²) in [6.07, 6.45) is 7.81. The molecule has 166 valence electrons. The molecule has 7 nitrogen and oxygen atoms in total. The third-order valence-electron chi connectivity index (χ3n) is 4.97. The maximum Gasteiger partial charge on any atom is 0.203 e. The molecule has 0 spiro atoms. The van der Waals surface area contributed by atoms with Gasteiger partial charge in [-0.05, 0) is 31.4 Å². The van der Waals surface area contributed by atoms with E-state index in [0.717, 1.165) is 31.1 Å². The molecule has 1 fully saturated rings. The molecule has 0 bridgehead atoms. The summed E-state index contributed by atoms with van der Waals surface area (Å²) in [5, 5.41) is 6.64. The van der Waals surface area contributed by atoms with E-state index in [-0.39, 0.29) is 24.0 Å². The zero-order valence-corrected chi connectivity index (χ0v) is 20.4. The molecule has 8 heteroatoms. The smallest absolute Gasteiger partial charge is 0.203 e. The molecular formula is C21H36IN3O4. The summed E-state index contributed by atoms with van der Waals surface area (Å²) >= 11 is 0. The van der Waals surface area contributed by atoms with Crippen LogP contribution in [0.1, 0.15) is 44.1 Å². The third kappa shape index (κ3) is 8.08. The number of hydrogen-bond donors (Lipinski definition) is 2. The Morgan fingerprint density at radius 1 is 1.00 bits per heavy atom. The number of benzene rings is 1. The Bertz CT molecular complexity index is 622. The minimum absolute atomic E-state index is 0. The summed E-state index contributed by atoms with van der Waals surface area (Å²) in [6, 6.07) is 3.83. The highest BCUT2D eigenvalue weighted by molar-refractivity contribution is 14.0. The van der Waals surface area contributed by atoms with Crippen LogP contribution in [0.25, 0.3) is 0 Å². The van der Waals surface area contributed by atoms with Gasteiger partial charge in [0.25, 0.3) is 0 Å². The lowest BCUT2D eigenvalue weighted by Gasteiger charge is -2.22. The molecule has 0 atom stereocenters. The molecule has 1 saturated carbocycles. The molecule has 0 unspecified atom stereocenters. The standard InChI is InChI=1S/C21H35N3O4.HI/c1-22-21(23-13-8-14-28-17-9-6-5-7-10-17)24-15-16-11-12-18(25-2)20(27-4)19(16)26-3;/h11-12,17H,5-10,13-15H2,1-4H3,(H2,22,23,24);1H. The maximum atomic E-state index is 5.96. The predicted molar refractivity (Wildman–Crippen MR) is 127 cm³/mol. The monoisotopic (exact) mass is 521 g/mol. The lowest BCUT2D eigenvalue weighted by atomic mass is 9.98.